The van der Waals surface area contributed by atoms with Crippen LogP contribution < -0.4 is 5.32 Å². The molecule has 0 bridgehead atoms. The lowest BCUT2D eigenvalue weighted by molar-refractivity contribution is -0.134. The van der Waals surface area contributed by atoms with E-state index in [0.29, 0.717) is 25.9 Å². The van der Waals surface area contributed by atoms with Crippen molar-refractivity contribution in [1.29, 1.82) is 0 Å². The van der Waals surface area contributed by atoms with E-state index in [1.165, 1.54) is 4.90 Å². The predicted molar refractivity (Wildman–Crippen MR) is 81.7 cm³/mol. The number of aliphatic hydroxyl groups excluding tert-OH is 1. The number of hydrogen-bond acceptors (Lipinski definition) is 3. The van der Waals surface area contributed by atoms with Crippen molar-refractivity contribution in [2.45, 2.75) is 32.7 Å². The topological polar surface area (TPSA) is 69.6 Å². The van der Waals surface area contributed by atoms with Gasteiger partial charge < -0.3 is 15.3 Å². The SMILES string of the molecule is CCCN(CCC)C(=O)[C@H](CO)NC(=O)c1c(F)c(F)c(F)c(F)c1F. The molecular weight excluding hydrogens is 363 g/mol. The van der Waals surface area contributed by atoms with Crippen LogP contribution in [0.3, 0.4) is 0 Å². The van der Waals surface area contributed by atoms with Crippen LogP contribution in [0.2, 0.25) is 0 Å². The zero-order chi connectivity index (χ0) is 20.0. The number of benzene rings is 1. The molecule has 0 fully saturated rings. The van der Waals surface area contributed by atoms with Crippen LogP contribution in [0.1, 0.15) is 37.0 Å². The van der Waals surface area contributed by atoms with E-state index in [2.05, 4.69) is 0 Å². The fourth-order valence-electron chi connectivity index (χ4n) is 2.31. The molecule has 1 rings (SSSR count). The van der Waals surface area contributed by atoms with Crippen molar-refractivity contribution in [2.24, 2.45) is 0 Å². The van der Waals surface area contributed by atoms with Gasteiger partial charge in [0.15, 0.2) is 23.3 Å². The molecule has 0 unspecified atom stereocenters. The summed E-state index contributed by atoms with van der Waals surface area (Å²) < 4.78 is 66.8. The van der Waals surface area contributed by atoms with Gasteiger partial charge in [-0.3, -0.25) is 9.59 Å². The zero-order valence-electron chi connectivity index (χ0n) is 14.2. The highest BCUT2D eigenvalue weighted by molar-refractivity contribution is 5.98. The van der Waals surface area contributed by atoms with Crippen LogP contribution in [0.15, 0.2) is 0 Å². The Morgan fingerprint density at radius 3 is 1.73 bits per heavy atom. The number of nitrogens with one attached hydrogen (secondary N) is 1. The maximum absolute atomic E-state index is 13.7. The minimum absolute atomic E-state index is 0.307. The maximum atomic E-state index is 13.7. The van der Waals surface area contributed by atoms with Gasteiger partial charge in [-0.25, -0.2) is 22.0 Å². The fraction of sp³-hybridized carbons (Fsp3) is 0.500. The smallest absolute Gasteiger partial charge is 0.258 e. The van der Waals surface area contributed by atoms with Crippen molar-refractivity contribution < 1.29 is 36.6 Å². The van der Waals surface area contributed by atoms with E-state index >= 15 is 0 Å². The molecule has 0 saturated carbocycles. The molecule has 1 atom stereocenters. The molecule has 1 aromatic rings. The van der Waals surface area contributed by atoms with E-state index in [9.17, 15) is 36.6 Å². The number of aliphatic hydroxyl groups is 1. The van der Waals surface area contributed by atoms with E-state index in [1.54, 1.807) is 13.8 Å². The molecular formula is C16H19F5N2O3. The van der Waals surface area contributed by atoms with Crippen molar-refractivity contribution in [2.75, 3.05) is 19.7 Å². The van der Waals surface area contributed by atoms with E-state index in [4.69, 9.17) is 0 Å². The summed E-state index contributed by atoms with van der Waals surface area (Å²) in [5, 5.41) is 11.1. The molecule has 0 heterocycles. The second-order valence-electron chi connectivity index (χ2n) is 5.48. The first-order chi connectivity index (χ1) is 12.2. The number of nitrogens with zero attached hydrogens (tertiary/aromatic N) is 1. The summed E-state index contributed by atoms with van der Waals surface area (Å²) in [4.78, 5) is 25.6. The zero-order valence-corrected chi connectivity index (χ0v) is 14.2. The van der Waals surface area contributed by atoms with Gasteiger partial charge in [-0.05, 0) is 12.8 Å². The van der Waals surface area contributed by atoms with Crippen molar-refractivity contribution in [3.05, 3.63) is 34.6 Å². The van der Waals surface area contributed by atoms with E-state index in [1.807, 2.05) is 5.32 Å². The molecule has 146 valence electrons. The average Bonchev–Trinajstić information content (AvgIpc) is 2.62. The van der Waals surface area contributed by atoms with Crippen LogP contribution in [0.25, 0.3) is 0 Å². The Bertz CT molecular complexity index is 649. The Balaban J connectivity index is 3.13. The molecule has 0 saturated heterocycles. The highest BCUT2D eigenvalue weighted by atomic mass is 19.2. The maximum Gasteiger partial charge on any atom is 0.258 e. The van der Waals surface area contributed by atoms with E-state index in [-0.39, 0.29) is 0 Å². The Kier molecular flexibility index (Phi) is 7.94. The minimum Gasteiger partial charge on any atom is -0.394 e. The number of hydrogen-bond donors (Lipinski definition) is 2. The second-order valence-corrected chi connectivity index (χ2v) is 5.48. The van der Waals surface area contributed by atoms with Gasteiger partial charge in [0, 0.05) is 13.1 Å². The highest BCUT2D eigenvalue weighted by Gasteiger charge is 2.32. The number of rotatable bonds is 8. The molecule has 10 heteroatoms. The van der Waals surface area contributed by atoms with Crippen LogP contribution >= 0.6 is 0 Å². The van der Waals surface area contributed by atoms with Crippen molar-refractivity contribution >= 4 is 11.8 Å². The average molecular weight is 382 g/mol. The van der Waals surface area contributed by atoms with Crippen LogP contribution in [0, 0.1) is 29.1 Å². The van der Waals surface area contributed by atoms with Gasteiger partial charge in [-0.2, -0.15) is 0 Å². The second kappa shape index (κ2) is 9.46. The van der Waals surface area contributed by atoms with Crippen LogP contribution in [-0.4, -0.2) is 47.6 Å². The standard InChI is InChI=1S/C16H19F5N2O3/c1-3-5-23(6-4-2)16(26)8(7-24)22-15(25)9-10(17)12(19)14(21)13(20)11(9)18/h8,24H,3-7H2,1-2H3,(H,22,25)/t8-/m0/s1. The highest BCUT2D eigenvalue weighted by Crippen LogP contribution is 2.23. The molecule has 1 aromatic carbocycles. The summed E-state index contributed by atoms with van der Waals surface area (Å²) in [5.74, 6) is -14.0. The first kappa shape index (κ1) is 21.8. The first-order valence-corrected chi connectivity index (χ1v) is 7.93. The lowest BCUT2D eigenvalue weighted by Crippen LogP contribution is -2.51. The normalized spacial score (nSPS) is 12.0. The van der Waals surface area contributed by atoms with Gasteiger partial charge >= 0.3 is 0 Å². The number of amides is 2. The van der Waals surface area contributed by atoms with Gasteiger partial charge in [0.25, 0.3) is 5.91 Å². The summed E-state index contributed by atoms with van der Waals surface area (Å²) >= 11 is 0. The van der Waals surface area contributed by atoms with Crippen molar-refractivity contribution in [3.63, 3.8) is 0 Å². The predicted octanol–water partition coefficient (Wildman–Crippen LogP) is 2.12. The van der Waals surface area contributed by atoms with Gasteiger partial charge in [0.1, 0.15) is 11.6 Å². The van der Waals surface area contributed by atoms with Gasteiger partial charge in [0.2, 0.25) is 11.7 Å². The number of halogens is 5. The molecule has 0 aliphatic carbocycles. The van der Waals surface area contributed by atoms with Crippen molar-refractivity contribution in [1.82, 2.24) is 10.2 Å². The largest absolute Gasteiger partial charge is 0.394 e. The molecule has 26 heavy (non-hydrogen) atoms. The minimum atomic E-state index is -2.40. The molecule has 0 aliphatic heterocycles. The molecule has 0 aromatic heterocycles. The van der Waals surface area contributed by atoms with Crippen LogP contribution in [-0.2, 0) is 4.79 Å². The number of carbonyl (C=O) groups is 2. The third kappa shape index (κ3) is 4.48. The van der Waals surface area contributed by atoms with E-state index in [0.717, 1.165) is 0 Å². The third-order valence-corrected chi connectivity index (χ3v) is 3.52. The Hall–Kier alpha value is -2.23. The molecule has 0 radical (unpaired) electrons. The molecule has 2 N–H and O–H groups in total. The Morgan fingerprint density at radius 1 is 0.923 bits per heavy atom. The summed E-state index contributed by atoms with van der Waals surface area (Å²) in [5.41, 5.74) is -1.72. The van der Waals surface area contributed by atoms with Gasteiger partial charge in [-0.1, -0.05) is 13.8 Å². The number of carbonyl (C=O) groups excluding carboxylic acids is 2. The van der Waals surface area contributed by atoms with E-state index < -0.39 is 59.1 Å². The Morgan fingerprint density at radius 2 is 1.35 bits per heavy atom. The Labute approximate surface area is 146 Å². The monoisotopic (exact) mass is 382 g/mol. The molecule has 5 nitrogen and oxygen atoms in total. The quantitative estimate of drug-likeness (QED) is 0.411. The van der Waals surface area contributed by atoms with Crippen LogP contribution in [0.5, 0.6) is 0 Å². The summed E-state index contributed by atoms with van der Waals surface area (Å²) in [6, 6.07) is -1.59. The third-order valence-electron chi connectivity index (χ3n) is 3.52. The van der Waals surface area contributed by atoms with Gasteiger partial charge in [0.05, 0.1) is 6.61 Å². The molecule has 2 amide bonds. The lowest BCUT2D eigenvalue weighted by Gasteiger charge is -2.26. The first-order valence-electron chi connectivity index (χ1n) is 7.93. The summed E-state index contributed by atoms with van der Waals surface area (Å²) in [7, 11) is 0. The fourth-order valence-corrected chi connectivity index (χ4v) is 2.31. The summed E-state index contributed by atoms with van der Waals surface area (Å²) in [6.45, 7) is 3.28. The van der Waals surface area contributed by atoms with Gasteiger partial charge in [-0.15, -0.1) is 0 Å². The lowest BCUT2D eigenvalue weighted by atomic mass is 10.1. The molecule has 0 spiro atoms. The van der Waals surface area contributed by atoms with Crippen LogP contribution in [0.4, 0.5) is 22.0 Å². The van der Waals surface area contributed by atoms with Crippen molar-refractivity contribution in [3.8, 4) is 0 Å². The molecule has 0 aliphatic rings. The summed E-state index contributed by atoms with van der Waals surface area (Å²) in [6.07, 6.45) is 1.16.